The molecule has 0 aliphatic carbocycles. The zero-order valence-corrected chi connectivity index (χ0v) is 13.9. The number of ether oxygens (including phenoxy) is 1. The van der Waals surface area contributed by atoms with Crippen LogP contribution in [0.15, 0.2) is 36.9 Å². The Morgan fingerprint density at radius 2 is 1.75 bits per heavy atom. The van der Waals surface area contributed by atoms with Crippen LogP contribution in [0, 0.1) is 0 Å². The van der Waals surface area contributed by atoms with Crippen molar-refractivity contribution in [1.29, 1.82) is 0 Å². The van der Waals surface area contributed by atoms with Crippen LogP contribution in [-0.4, -0.2) is 38.9 Å². The normalized spacial score (nSPS) is 11.0. The van der Waals surface area contributed by atoms with Crippen LogP contribution >= 0.6 is 0 Å². The van der Waals surface area contributed by atoms with Gasteiger partial charge in [-0.15, -0.1) is 10.2 Å². The van der Waals surface area contributed by atoms with Gasteiger partial charge in [0, 0.05) is 24.3 Å². The SMILES string of the molecule is CC(C)(C)OC(=O)Nc1ccc(C(=O)NCCn2cnnc2)cc1. The summed E-state index contributed by atoms with van der Waals surface area (Å²) in [6.07, 6.45) is 2.64. The quantitative estimate of drug-likeness (QED) is 0.874. The molecular formula is C16H21N5O3. The number of hydrogen-bond donors (Lipinski definition) is 2. The van der Waals surface area contributed by atoms with Crippen LogP contribution in [0.25, 0.3) is 0 Å². The van der Waals surface area contributed by atoms with Crippen molar-refractivity contribution in [1.82, 2.24) is 20.1 Å². The Labute approximate surface area is 140 Å². The standard InChI is InChI=1S/C16H21N5O3/c1-16(2,3)24-15(23)20-13-6-4-12(5-7-13)14(22)17-8-9-21-10-18-19-11-21/h4-7,10-11H,8-9H2,1-3H3,(H,17,22)(H,20,23). The molecule has 1 aromatic heterocycles. The molecule has 24 heavy (non-hydrogen) atoms. The summed E-state index contributed by atoms with van der Waals surface area (Å²) in [5.74, 6) is -0.188. The van der Waals surface area contributed by atoms with Gasteiger partial charge >= 0.3 is 6.09 Å². The molecule has 0 spiro atoms. The molecule has 1 aromatic carbocycles. The Morgan fingerprint density at radius 1 is 1.12 bits per heavy atom. The molecule has 0 atom stereocenters. The first kappa shape index (κ1) is 17.5. The van der Waals surface area contributed by atoms with Crippen LogP contribution in [-0.2, 0) is 11.3 Å². The van der Waals surface area contributed by atoms with E-state index in [1.807, 2.05) is 0 Å². The minimum absolute atomic E-state index is 0.188. The van der Waals surface area contributed by atoms with Gasteiger partial charge in [0.05, 0.1) is 0 Å². The third-order valence-corrected chi connectivity index (χ3v) is 2.91. The lowest BCUT2D eigenvalue weighted by Crippen LogP contribution is -2.27. The van der Waals surface area contributed by atoms with E-state index >= 15 is 0 Å². The molecule has 0 radical (unpaired) electrons. The summed E-state index contributed by atoms with van der Waals surface area (Å²) < 4.78 is 6.94. The Bertz CT molecular complexity index is 675. The van der Waals surface area contributed by atoms with Crippen molar-refractivity contribution >= 4 is 17.7 Å². The summed E-state index contributed by atoms with van der Waals surface area (Å²) in [6.45, 7) is 6.44. The first-order valence-electron chi connectivity index (χ1n) is 7.54. The predicted octanol–water partition coefficient (Wildman–Crippen LogP) is 2.06. The second-order valence-electron chi connectivity index (χ2n) is 6.16. The van der Waals surface area contributed by atoms with Crippen molar-refractivity contribution in [2.75, 3.05) is 11.9 Å². The summed E-state index contributed by atoms with van der Waals surface area (Å²) in [5.41, 5.74) is 0.507. The fourth-order valence-electron chi connectivity index (χ4n) is 1.86. The molecule has 2 N–H and O–H groups in total. The number of nitrogens with zero attached hydrogens (tertiary/aromatic N) is 3. The van der Waals surface area contributed by atoms with E-state index in [1.54, 1.807) is 62.3 Å². The van der Waals surface area contributed by atoms with Gasteiger partial charge in [-0.05, 0) is 45.0 Å². The summed E-state index contributed by atoms with van der Waals surface area (Å²) in [5, 5.41) is 12.8. The lowest BCUT2D eigenvalue weighted by Gasteiger charge is -2.19. The molecule has 0 saturated heterocycles. The smallest absolute Gasteiger partial charge is 0.412 e. The van der Waals surface area contributed by atoms with Crippen LogP contribution in [0.4, 0.5) is 10.5 Å². The first-order valence-corrected chi connectivity index (χ1v) is 7.54. The molecule has 2 amide bonds. The number of benzene rings is 1. The van der Waals surface area contributed by atoms with Crippen molar-refractivity contribution in [2.24, 2.45) is 0 Å². The second-order valence-corrected chi connectivity index (χ2v) is 6.16. The number of amides is 2. The van der Waals surface area contributed by atoms with Gasteiger partial charge in [0.1, 0.15) is 18.3 Å². The molecule has 8 nitrogen and oxygen atoms in total. The van der Waals surface area contributed by atoms with Crippen molar-refractivity contribution < 1.29 is 14.3 Å². The number of carbonyl (C=O) groups is 2. The molecule has 1 heterocycles. The summed E-state index contributed by atoms with van der Waals surface area (Å²) >= 11 is 0. The monoisotopic (exact) mass is 331 g/mol. The van der Waals surface area contributed by atoms with E-state index in [4.69, 9.17) is 4.74 Å². The summed E-state index contributed by atoms with van der Waals surface area (Å²) in [4.78, 5) is 23.7. The maximum absolute atomic E-state index is 12.0. The van der Waals surface area contributed by atoms with Gasteiger partial charge in [0.15, 0.2) is 0 Å². The van der Waals surface area contributed by atoms with Crippen LogP contribution in [0.1, 0.15) is 31.1 Å². The number of carbonyl (C=O) groups excluding carboxylic acids is 2. The third-order valence-electron chi connectivity index (χ3n) is 2.91. The number of anilines is 1. The Morgan fingerprint density at radius 3 is 2.33 bits per heavy atom. The van der Waals surface area contributed by atoms with E-state index in [9.17, 15) is 9.59 Å². The maximum Gasteiger partial charge on any atom is 0.412 e. The minimum atomic E-state index is -0.561. The molecule has 0 saturated carbocycles. The largest absolute Gasteiger partial charge is 0.444 e. The van der Waals surface area contributed by atoms with E-state index < -0.39 is 11.7 Å². The molecule has 0 unspecified atom stereocenters. The summed E-state index contributed by atoms with van der Waals surface area (Å²) in [6, 6.07) is 6.58. The highest BCUT2D eigenvalue weighted by Crippen LogP contribution is 2.13. The molecule has 0 aliphatic heterocycles. The van der Waals surface area contributed by atoms with Crippen molar-refractivity contribution in [3.8, 4) is 0 Å². The highest BCUT2D eigenvalue weighted by atomic mass is 16.6. The van der Waals surface area contributed by atoms with Gasteiger partial charge in [-0.3, -0.25) is 10.1 Å². The van der Waals surface area contributed by atoms with E-state index in [2.05, 4.69) is 20.8 Å². The summed E-state index contributed by atoms with van der Waals surface area (Å²) in [7, 11) is 0. The van der Waals surface area contributed by atoms with Crippen LogP contribution in [0.2, 0.25) is 0 Å². The van der Waals surface area contributed by atoms with Crippen molar-refractivity contribution in [2.45, 2.75) is 32.9 Å². The van der Waals surface area contributed by atoms with Crippen LogP contribution in [0.5, 0.6) is 0 Å². The van der Waals surface area contributed by atoms with Gasteiger partial charge in [0.2, 0.25) is 0 Å². The molecule has 2 aromatic rings. The molecule has 128 valence electrons. The molecule has 2 rings (SSSR count). The molecule has 0 aliphatic rings. The molecular weight excluding hydrogens is 310 g/mol. The Kier molecular flexibility index (Phi) is 5.51. The lowest BCUT2D eigenvalue weighted by atomic mass is 10.2. The average Bonchev–Trinajstić information content (AvgIpc) is 2.99. The minimum Gasteiger partial charge on any atom is -0.444 e. The van der Waals surface area contributed by atoms with E-state index in [1.165, 1.54) is 0 Å². The highest BCUT2D eigenvalue weighted by Gasteiger charge is 2.16. The van der Waals surface area contributed by atoms with E-state index in [0.29, 0.717) is 24.3 Å². The zero-order valence-electron chi connectivity index (χ0n) is 13.9. The average molecular weight is 331 g/mol. The first-order chi connectivity index (χ1) is 11.3. The van der Waals surface area contributed by atoms with E-state index in [0.717, 1.165) is 0 Å². The van der Waals surface area contributed by atoms with Gasteiger partial charge in [0.25, 0.3) is 5.91 Å². The van der Waals surface area contributed by atoms with Gasteiger partial charge in [-0.25, -0.2) is 4.79 Å². The fourth-order valence-corrected chi connectivity index (χ4v) is 1.86. The van der Waals surface area contributed by atoms with Gasteiger partial charge in [-0.2, -0.15) is 0 Å². The van der Waals surface area contributed by atoms with Crippen molar-refractivity contribution in [3.05, 3.63) is 42.5 Å². The Hall–Kier alpha value is -2.90. The molecule has 0 bridgehead atoms. The van der Waals surface area contributed by atoms with Gasteiger partial charge < -0.3 is 14.6 Å². The van der Waals surface area contributed by atoms with Gasteiger partial charge in [-0.1, -0.05) is 0 Å². The van der Waals surface area contributed by atoms with Crippen LogP contribution in [0.3, 0.4) is 0 Å². The van der Waals surface area contributed by atoms with Crippen molar-refractivity contribution in [3.63, 3.8) is 0 Å². The number of nitrogens with one attached hydrogen (secondary N) is 2. The highest BCUT2D eigenvalue weighted by molar-refractivity contribution is 5.95. The lowest BCUT2D eigenvalue weighted by molar-refractivity contribution is 0.0635. The topological polar surface area (TPSA) is 98.1 Å². The number of hydrogen-bond acceptors (Lipinski definition) is 5. The number of rotatable bonds is 5. The Balaban J connectivity index is 1.82. The van der Waals surface area contributed by atoms with E-state index in [-0.39, 0.29) is 5.91 Å². The molecule has 0 fully saturated rings. The zero-order chi connectivity index (χ0) is 17.6. The molecule has 8 heteroatoms. The number of aromatic nitrogens is 3. The van der Waals surface area contributed by atoms with Crippen LogP contribution < -0.4 is 10.6 Å². The fraction of sp³-hybridized carbons (Fsp3) is 0.375. The second kappa shape index (κ2) is 7.58. The third kappa shape index (κ3) is 5.71. The predicted molar refractivity (Wildman–Crippen MR) is 88.7 cm³/mol. The maximum atomic E-state index is 12.0.